The molecule has 0 radical (unpaired) electrons. The van der Waals surface area contributed by atoms with Gasteiger partial charge in [-0.2, -0.15) is 0 Å². The maximum absolute atomic E-state index is 11.2. The second-order valence-electron chi connectivity index (χ2n) is 4.95. The van der Waals surface area contributed by atoms with Crippen LogP contribution in [0.4, 0.5) is 0 Å². The highest BCUT2D eigenvalue weighted by molar-refractivity contribution is 6.40. The second kappa shape index (κ2) is 9.55. The molecule has 0 saturated carbocycles. The summed E-state index contributed by atoms with van der Waals surface area (Å²) >= 11 is 5.44. The van der Waals surface area contributed by atoms with Gasteiger partial charge in [-0.3, -0.25) is 0 Å². The standard InChI is InChI=1S/C14H27ClO4Si/c1-7-14(8-2,9-3)20-19-12(6)17-11(5)18-13(16)10(4)15/h11-12H,4,7-9,20H2,1-3,5-6H3. The highest BCUT2D eigenvalue weighted by Gasteiger charge is 2.26. The van der Waals surface area contributed by atoms with Gasteiger partial charge in [0.15, 0.2) is 9.76 Å². The number of halogens is 1. The number of esters is 1. The molecule has 20 heavy (non-hydrogen) atoms. The number of hydrogen-bond donors (Lipinski definition) is 0. The molecular formula is C14H27ClO4Si. The molecule has 4 nitrogen and oxygen atoms in total. The van der Waals surface area contributed by atoms with E-state index in [2.05, 4.69) is 27.4 Å². The van der Waals surface area contributed by atoms with Gasteiger partial charge in [0.05, 0.1) is 0 Å². The third kappa shape index (κ3) is 6.88. The van der Waals surface area contributed by atoms with Gasteiger partial charge in [-0.1, -0.05) is 58.2 Å². The molecule has 0 aliphatic heterocycles. The third-order valence-electron chi connectivity index (χ3n) is 3.75. The Morgan fingerprint density at radius 3 is 2.10 bits per heavy atom. The van der Waals surface area contributed by atoms with Crippen LogP contribution < -0.4 is 0 Å². The van der Waals surface area contributed by atoms with Crippen molar-refractivity contribution in [1.82, 2.24) is 0 Å². The van der Waals surface area contributed by atoms with Crippen LogP contribution in [0.15, 0.2) is 11.6 Å². The van der Waals surface area contributed by atoms with Crippen LogP contribution in [0, 0.1) is 0 Å². The molecule has 0 aliphatic rings. The van der Waals surface area contributed by atoms with Gasteiger partial charge in [0.1, 0.15) is 11.3 Å². The molecule has 0 N–H and O–H groups in total. The topological polar surface area (TPSA) is 44.8 Å². The minimum atomic E-state index is -0.724. The molecule has 0 aromatic heterocycles. The Morgan fingerprint density at radius 1 is 1.20 bits per heavy atom. The van der Waals surface area contributed by atoms with E-state index in [1.54, 1.807) is 6.92 Å². The Bertz CT molecular complexity index is 310. The maximum atomic E-state index is 11.2. The zero-order valence-corrected chi connectivity index (χ0v) is 15.4. The first-order valence-corrected chi connectivity index (χ1v) is 8.78. The van der Waals surface area contributed by atoms with Gasteiger partial charge in [0.25, 0.3) is 0 Å². The first-order valence-electron chi connectivity index (χ1n) is 7.12. The first-order chi connectivity index (χ1) is 9.30. The van der Waals surface area contributed by atoms with Crippen LogP contribution in [0.2, 0.25) is 5.04 Å². The van der Waals surface area contributed by atoms with E-state index in [-0.39, 0.29) is 5.03 Å². The lowest BCUT2D eigenvalue weighted by molar-refractivity contribution is -0.205. The zero-order chi connectivity index (χ0) is 15.8. The van der Waals surface area contributed by atoms with Crippen molar-refractivity contribution in [1.29, 1.82) is 0 Å². The van der Waals surface area contributed by atoms with Gasteiger partial charge in [-0.25, -0.2) is 4.79 Å². The van der Waals surface area contributed by atoms with E-state index in [9.17, 15) is 4.79 Å². The molecule has 0 amide bonds. The van der Waals surface area contributed by atoms with E-state index >= 15 is 0 Å². The van der Waals surface area contributed by atoms with E-state index in [0.717, 1.165) is 19.3 Å². The van der Waals surface area contributed by atoms with Crippen molar-refractivity contribution in [3.05, 3.63) is 11.6 Å². The lowest BCUT2D eigenvalue weighted by Crippen LogP contribution is -2.29. The summed E-state index contributed by atoms with van der Waals surface area (Å²) in [7, 11) is -0.724. The number of carbonyl (C=O) groups excluding carboxylic acids is 1. The molecule has 0 aromatic rings. The summed E-state index contributed by atoms with van der Waals surface area (Å²) in [4.78, 5) is 11.2. The van der Waals surface area contributed by atoms with E-state index in [0.29, 0.717) is 5.04 Å². The molecule has 0 spiro atoms. The van der Waals surface area contributed by atoms with Crippen molar-refractivity contribution in [3.63, 3.8) is 0 Å². The SMILES string of the molecule is C=C(Cl)C(=O)OC(C)OC(C)O[SiH2]C(CC)(CC)CC. The molecule has 0 aliphatic carbocycles. The van der Waals surface area contributed by atoms with Crippen molar-refractivity contribution in [2.45, 2.75) is 71.5 Å². The molecule has 6 heteroatoms. The number of carbonyl (C=O) groups is 1. The Morgan fingerprint density at radius 2 is 1.70 bits per heavy atom. The Balaban J connectivity index is 4.19. The monoisotopic (exact) mass is 322 g/mol. The summed E-state index contributed by atoms with van der Waals surface area (Å²) in [6.45, 7) is 13.3. The van der Waals surface area contributed by atoms with Crippen LogP contribution in [0.3, 0.4) is 0 Å². The number of hydrogen-bond acceptors (Lipinski definition) is 4. The quantitative estimate of drug-likeness (QED) is 0.267. The van der Waals surface area contributed by atoms with Gasteiger partial charge < -0.3 is 13.9 Å². The summed E-state index contributed by atoms with van der Waals surface area (Å²) in [5, 5.41) is 0.160. The summed E-state index contributed by atoms with van der Waals surface area (Å²) < 4.78 is 16.3. The van der Waals surface area contributed by atoms with E-state index in [1.807, 2.05) is 6.92 Å². The molecule has 0 saturated heterocycles. The van der Waals surface area contributed by atoms with Crippen molar-refractivity contribution < 1.29 is 18.7 Å². The summed E-state index contributed by atoms with van der Waals surface area (Å²) in [5.74, 6) is -0.673. The fourth-order valence-electron chi connectivity index (χ4n) is 1.90. The molecule has 0 fully saturated rings. The average molecular weight is 323 g/mol. The van der Waals surface area contributed by atoms with Crippen LogP contribution in [0.5, 0.6) is 0 Å². The summed E-state index contributed by atoms with van der Waals surface area (Å²) in [5.41, 5.74) is 0. The molecule has 0 bridgehead atoms. The van der Waals surface area contributed by atoms with Gasteiger partial charge in [0.2, 0.25) is 6.29 Å². The lowest BCUT2D eigenvalue weighted by atomic mass is 9.99. The summed E-state index contributed by atoms with van der Waals surface area (Å²) in [6.07, 6.45) is 2.26. The predicted octanol–water partition coefficient (Wildman–Crippen LogP) is 3.48. The van der Waals surface area contributed by atoms with E-state index in [1.165, 1.54) is 0 Å². The van der Waals surface area contributed by atoms with Crippen molar-refractivity contribution >= 4 is 27.3 Å². The minimum Gasteiger partial charge on any atom is -0.432 e. The van der Waals surface area contributed by atoms with Gasteiger partial charge >= 0.3 is 5.97 Å². The van der Waals surface area contributed by atoms with Gasteiger partial charge in [0, 0.05) is 0 Å². The molecule has 2 atom stereocenters. The van der Waals surface area contributed by atoms with Crippen LogP contribution in [-0.4, -0.2) is 28.3 Å². The second-order valence-corrected chi connectivity index (χ2v) is 7.53. The fraction of sp³-hybridized carbons (Fsp3) is 0.786. The minimum absolute atomic E-state index is 0.162. The Hall–Kier alpha value is -0.363. The van der Waals surface area contributed by atoms with Crippen molar-refractivity contribution in [3.8, 4) is 0 Å². The van der Waals surface area contributed by atoms with Crippen LogP contribution in [-0.2, 0) is 18.7 Å². The molecule has 2 unspecified atom stereocenters. The zero-order valence-electron chi connectivity index (χ0n) is 13.2. The summed E-state index contributed by atoms with van der Waals surface area (Å²) in [6, 6.07) is 0. The highest BCUT2D eigenvalue weighted by atomic mass is 35.5. The van der Waals surface area contributed by atoms with Crippen molar-refractivity contribution in [2.24, 2.45) is 0 Å². The van der Waals surface area contributed by atoms with Crippen LogP contribution >= 0.6 is 11.6 Å². The van der Waals surface area contributed by atoms with Crippen molar-refractivity contribution in [2.75, 3.05) is 0 Å². The predicted molar refractivity (Wildman–Crippen MR) is 84.3 cm³/mol. The highest BCUT2D eigenvalue weighted by Crippen LogP contribution is 2.37. The normalized spacial score (nSPS) is 15.3. The van der Waals surface area contributed by atoms with Crippen LogP contribution in [0.1, 0.15) is 53.9 Å². The Labute approximate surface area is 129 Å². The van der Waals surface area contributed by atoms with Crippen LogP contribution in [0.25, 0.3) is 0 Å². The maximum Gasteiger partial charge on any atom is 0.351 e. The molecule has 0 heterocycles. The van der Waals surface area contributed by atoms with Gasteiger partial charge in [-0.15, -0.1) is 0 Å². The number of rotatable bonds is 10. The molecule has 0 rings (SSSR count). The smallest absolute Gasteiger partial charge is 0.351 e. The molecule has 0 aromatic carbocycles. The van der Waals surface area contributed by atoms with E-state index < -0.39 is 28.3 Å². The van der Waals surface area contributed by atoms with E-state index in [4.69, 9.17) is 25.5 Å². The molecule has 118 valence electrons. The third-order valence-corrected chi connectivity index (χ3v) is 6.65. The number of ether oxygens (including phenoxy) is 2. The van der Waals surface area contributed by atoms with Gasteiger partial charge in [-0.05, 0) is 18.9 Å². The molecular weight excluding hydrogens is 296 g/mol. The Kier molecular flexibility index (Phi) is 9.38. The fourth-order valence-corrected chi connectivity index (χ4v) is 3.23. The largest absolute Gasteiger partial charge is 0.432 e. The average Bonchev–Trinajstić information content (AvgIpc) is 2.40. The first kappa shape index (κ1) is 19.6. The lowest BCUT2D eigenvalue weighted by Gasteiger charge is -2.31.